The van der Waals surface area contributed by atoms with E-state index in [1.54, 1.807) is 18.2 Å². The number of rotatable bonds is 4. The van der Waals surface area contributed by atoms with E-state index in [4.69, 9.17) is 5.11 Å². The molecule has 1 atom stereocenters. The minimum atomic E-state index is -0.920. The predicted molar refractivity (Wildman–Crippen MR) is 79.3 cm³/mol. The van der Waals surface area contributed by atoms with Crippen LogP contribution in [-0.2, 0) is 6.54 Å². The number of benzene rings is 1. The van der Waals surface area contributed by atoms with Gasteiger partial charge in [-0.15, -0.1) is 5.10 Å². The lowest BCUT2D eigenvalue weighted by Crippen LogP contribution is -2.28. The SMILES string of the molecule is CC(C)N1CCC(Cn2nnc3ccc(C(=O)O)cc32)C1. The fraction of sp³-hybridized carbons (Fsp3) is 0.533. The van der Waals surface area contributed by atoms with Crippen LogP contribution in [0, 0.1) is 5.92 Å². The molecule has 0 spiro atoms. The van der Waals surface area contributed by atoms with Crippen LogP contribution in [-0.4, -0.2) is 50.1 Å². The monoisotopic (exact) mass is 288 g/mol. The summed E-state index contributed by atoms with van der Waals surface area (Å²) in [6.45, 7) is 7.41. The van der Waals surface area contributed by atoms with Gasteiger partial charge in [0.05, 0.1) is 11.1 Å². The highest BCUT2D eigenvalue weighted by molar-refractivity contribution is 5.92. The van der Waals surface area contributed by atoms with E-state index in [1.165, 1.54) is 0 Å². The molecule has 1 N–H and O–H groups in total. The van der Waals surface area contributed by atoms with Gasteiger partial charge in [0.25, 0.3) is 0 Å². The van der Waals surface area contributed by atoms with Gasteiger partial charge >= 0.3 is 5.97 Å². The standard InChI is InChI=1S/C15H20N4O2/c1-10(2)18-6-5-11(8-18)9-19-14-7-12(15(20)21)3-4-13(14)16-17-19/h3-4,7,10-11H,5-6,8-9H2,1-2H3,(H,20,21). The predicted octanol–water partition coefficient (Wildman–Crippen LogP) is 1.86. The summed E-state index contributed by atoms with van der Waals surface area (Å²) in [5.74, 6) is -0.373. The van der Waals surface area contributed by atoms with Gasteiger partial charge in [-0.1, -0.05) is 5.21 Å². The molecule has 1 aromatic heterocycles. The van der Waals surface area contributed by atoms with Gasteiger partial charge in [0.2, 0.25) is 0 Å². The average Bonchev–Trinajstić information content (AvgIpc) is 3.06. The summed E-state index contributed by atoms with van der Waals surface area (Å²) in [5, 5.41) is 17.4. The van der Waals surface area contributed by atoms with Gasteiger partial charge in [-0.05, 0) is 50.9 Å². The topological polar surface area (TPSA) is 71.2 Å². The molecule has 112 valence electrons. The molecule has 0 aliphatic carbocycles. The number of carboxylic acids is 1. The fourth-order valence-electron chi connectivity index (χ4n) is 2.96. The number of hydrogen-bond acceptors (Lipinski definition) is 4. The molecule has 1 fully saturated rings. The van der Waals surface area contributed by atoms with Crippen LogP contribution in [0.2, 0.25) is 0 Å². The first-order valence-corrected chi connectivity index (χ1v) is 7.35. The van der Waals surface area contributed by atoms with Crippen LogP contribution in [0.15, 0.2) is 18.2 Å². The van der Waals surface area contributed by atoms with Gasteiger partial charge in [0.15, 0.2) is 0 Å². The minimum Gasteiger partial charge on any atom is -0.478 e. The fourth-order valence-corrected chi connectivity index (χ4v) is 2.96. The van der Waals surface area contributed by atoms with Gasteiger partial charge in [0, 0.05) is 19.1 Å². The van der Waals surface area contributed by atoms with Gasteiger partial charge in [-0.25, -0.2) is 9.48 Å². The molecule has 3 rings (SSSR count). The lowest BCUT2D eigenvalue weighted by molar-refractivity contribution is 0.0697. The number of hydrogen-bond donors (Lipinski definition) is 1. The number of carboxylic acid groups (broad SMARTS) is 1. The van der Waals surface area contributed by atoms with Crippen LogP contribution >= 0.6 is 0 Å². The van der Waals surface area contributed by atoms with Gasteiger partial charge in [-0.2, -0.15) is 0 Å². The van der Waals surface area contributed by atoms with Crippen molar-refractivity contribution in [3.8, 4) is 0 Å². The second kappa shape index (κ2) is 5.44. The molecule has 1 aromatic carbocycles. The maximum Gasteiger partial charge on any atom is 0.335 e. The first-order chi connectivity index (χ1) is 10.0. The quantitative estimate of drug-likeness (QED) is 0.929. The Bertz CT molecular complexity index is 665. The molecular formula is C15H20N4O2. The summed E-state index contributed by atoms with van der Waals surface area (Å²) in [7, 11) is 0. The Balaban J connectivity index is 1.81. The second-order valence-electron chi connectivity index (χ2n) is 6.02. The number of fused-ring (bicyclic) bond motifs is 1. The van der Waals surface area contributed by atoms with Crippen molar-refractivity contribution in [1.29, 1.82) is 0 Å². The van der Waals surface area contributed by atoms with Crippen molar-refractivity contribution in [1.82, 2.24) is 19.9 Å². The first kappa shape index (κ1) is 14.0. The summed E-state index contributed by atoms with van der Waals surface area (Å²) < 4.78 is 1.84. The molecule has 6 heteroatoms. The maximum absolute atomic E-state index is 11.1. The third kappa shape index (κ3) is 2.76. The molecular weight excluding hydrogens is 268 g/mol. The van der Waals surface area contributed by atoms with E-state index in [2.05, 4.69) is 29.1 Å². The van der Waals surface area contributed by atoms with E-state index in [0.29, 0.717) is 12.0 Å². The van der Waals surface area contributed by atoms with Gasteiger partial charge in [-0.3, -0.25) is 0 Å². The highest BCUT2D eigenvalue weighted by atomic mass is 16.4. The smallest absolute Gasteiger partial charge is 0.335 e. The van der Waals surface area contributed by atoms with Gasteiger partial charge < -0.3 is 10.0 Å². The zero-order chi connectivity index (χ0) is 15.0. The molecule has 0 amide bonds. The first-order valence-electron chi connectivity index (χ1n) is 7.35. The van der Waals surface area contributed by atoms with Crippen molar-refractivity contribution in [3.05, 3.63) is 23.8 Å². The van der Waals surface area contributed by atoms with E-state index in [-0.39, 0.29) is 5.56 Å². The molecule has 2 heterocycles. The number of likely N-dealkylation sites (tertiary alicyclic amines) is 1. The molecule has 6 nitrogen and oxygen atoms in total. The largest absolute Gasteiger partial charge is 0.478 e. The molecule has 0 saturated carbocycles. The molecule has 0 radical (unpaired) electrons. The Morgan fingerprint density at radius 3 is 2.95 bits per heavy atom. The zero-order valence-electron chi connectivity index (χ0n) is 12.4. The van der Waals surface area contributed by atoms with Crippen molar-refractivity contribution in [3.63, 3.8) is 0 Å². The third-order valence-corrected chi connectivity index (χ3v) is 4.24. The molecule has 1 unspecified atom stereocenters. The third-order valence-electron chi connectivity index (χ3n) is 4.24. The average molecular weight is 288 g/mol. The Labute approximate surface area is 123 Å². The van der Waals surface area contributed by atoms with Gasteiger partial charge in [0.1, 0.15) is 5.52 Å². The molecule has 0 bridgehead atoms. The van der Waals surface area contributed by atoms with Crippen molar-refractivity contribution in [2.24, 2.45) is 5.92 Å². The summed E-state index contributed by atoms with van der Waals surface area (Å²) in [5.41, 5.74) is 1.83. The highest BCUT2D eigenvalue weighted by Gasteiger charge is 2.25. The Hall–Kier alpha value is -1.95. The number of aromatic nitrogens is 3. The van der Waals surface area contributed by atoms with E-state index in [0.717, 1.165) is 37.1 Å². The van der Waals surface area contributed by atoms with E-state index in [1.807, 2.05) is 4.68 Å². The maximum atomic E-state index is 11.1. The second-order valence-corrected chi connectivity index (χ2v) is 6.02. The van der Waals surface area contributed by atoms with Crippen LogP contribution in [0.5, 0.6) is 0 Å². The molecule has 1 aliphatic heterocycles. The molecule has 1 saturated heterocycles. The van der Waals surface area contributed by atoms with Crippen LogP contribution in [0.1, 0.15) is 30.6 Å². The number of aromatic carboxylic acids is 1. The molecule has 1 aliphatic rings. The van der Waals surface area contributed by atoms with Crippen LogP contribution < -0.4 is 0 Å². The Morgan fingerprint density at radius 2 is 2.29 bits per heavy atom. The zero-order valence-corrected chi connectivity index (χ0v) is 12.4. The van der Waals surface area contributed by atoms with Crippen molar-refractivity contribution in [2.45, 2.75) is 32.9 Å². The summed E-state index contributed by atoms with van der Waals surface area (Å²) in [6, 6.07) is 5.52. The van der Waals surface area contributed by atoms with Crippen LogP contribution in [0.3, 0.4) is 0 Å². The van der Waals surface area contributed by atoms with E-state index in [9.17, 15) is 4.79 Å². The summed E-state index contributed by atoms with van der Waals surface area (Å²) >= 11 is 0. The minimum absolute atomic E-state index is 0.279. The number of carbonyl (C=O) groups is 1. The van der Waals surface area contributed by atoms with Crippen LogP contribution in [0.4, 0.5) is 0 Å². The normalized spacial score (nSPS) is 19.7. The number of nitrogens with zero attached hydrogens (tertiary/aromatic N) is 4. The van der Waals surface area contributed by atoms with Crippen molar-refractivity contribution < 1.29 is 9.90 Å². The van der Waals surface area contributed by atoms with E-state index < -0.39 is 5.97 Å². The van der Waals surface area contributed by atoms with Crippen LogP contribution in [0.25, 0.3) is 11.0 Å². The lowest BCUT2D eigenvalue weighted by Gasteiger charge is -2.20. The lowest BCUT2D eigenvalue weighted by atomic mass is 10.1. The highest BCUT2D eigenvalue weighted by Crippen LogP contribution is 2.22. The molecule has 21 heavy (non-hydrogen) atoms. The Morgan fingerprint density at radius 1 is 1.48 bits per heavy atom. The van der Waals surface area contributed by atoms with Crippen molar-refractivity contribution in [2.75, 3.05) is 13.1 Å². The van der Waals surface area contributed by atoms with Crippen molar-refractivity contribution >= 4 is 17.0 Å². The summed E-state index contributed by atoms with van der Waals surface area (Å²) in [4.78, 5) is 13.5. The Kier molecular flexibility index (Phi) is 3.63. The van der Waals surface area contributed by atoms with E-state index >= 15 is 0 Å². The summed E-state index contributed by atoms with van der Waals surface area (Å²) in [6.07, 6.45) is 1.15. The molecule has 2 aromatic rings.